The second-order valence-electron chi connectivity index (χ2n) is 3.52. The number of rotatable bonds is 5. The molecule has 1 heterocycles. The van der Waals surface area contributed by atoms with Gasteiger partial charge in [0.05, 0.1) is 12.4 Å². The van der Waals surface area contributed by atoms with Gasteiger partial charge in [0.1, 0.15) is 0 Å². The molecule has 84 valence electrons. The van der Waals surface area contributed by atoms with E-state index in [0.717, 1.165) is 19.4 Å². The molecule has 1 rings (SSSR count). The molecule has 1 atom stereocenters. The first-order valence-electron chi connectivity index (χ1n) is 4.91. The van der Waals surface area contributed by atoms with Crippen LogP contribution in [0.2, 0.25) is 0 Å². The van der Waals surface area contributed by atoms with E-state index in [4.69, 9.17) is 0 Å². The van der Waals surface area contributed by atoms with Gasteiger partial charge in [-0.1, -0.05) is 0 Å². The fourth-order valence-corrected chi connectivity index (χ4v) is 2.83. The maximum absolute atomic E-state index is 11.8. The van der Waals surface area contributed by atoms with Crippen LogP contribution >= 0.6 is 0 Å². The van der Waals surface area contributed by atoms with Crippen LogP contribution in [0.25, 0.3) is 0 Å². The maximum Gasteiger partial charge on any atom is 0.211 e. The number of sulfonamides is 1. The number of nitrogens with one attached hydrogen (secondary N) is 2. The zero-order valence-electron chi connectivity index (χ0n) is 8.13. The lowest BCUT2D eigenvalue weighted by molar-refractivity contribution is 0.426. The summed E-state index contributed by atoms with van der Waals surface area (Å²) in [4.78, 5) is 0. The van der Waals surface area contributed by atoms with Gasteiger partial charge < -0.3 is 5.32 Å². The van der Waals surface area contributed by atoms with E-state index in [2.05, 4.69) is 10.0 Å². The van der Waals surface area contributed by atoms with E-state index in [-0.39, 0.29) is 18.2 Å². The first-order chi connectivity index (χ1) is 6.64. The molecule has 0 radical (unpaired) electrons. The summed E-state index contributed by atoms with van der Waals surface area (Å²) in [5.74, 6) is -0.111. The molecule has 2 N–H and O–H groups in total. The van der Waals surface area contributed by atoms with Crippen molar-refractivity contribution in [2.45, 2.75) is 25.3 Å². The van der Waals surface area contributed by atoms with Crippen molar-refractivity contribution in [3.05, 3.63) is 0 Å². The minimum atomic E-state index is -3.27. The Morgan fingerprint density at radius 3 is 2.86 bits per heavy atom. The number of alkyl halides is 1. The molecule has 0 saturated carbocycles. The number of piperidine rings is 1. The van der Waals surface area contributed by atoms with Crippen molar-refractivity contribution in [3.8, 4) is 0 Å². The smallest absolute Gasteiger partial charge is 0.211 e. The second kappa shape index (κ2) is 5.63. The van der Waals surface area contributed by atoms with Gasteiger partial charge in [0.2, 0.25) is 10.0 Å². The summed E-state index contributed by atoms with van der Waals surface area (Å²) in [7, 11) is -3.27. The highest BCUT2D eigenvalue weighted by Crippen LogP contribution is 2.03. The van der Waals surface area contributed by atoms with Crippen molar-refractivity contribution in [1.82, 2.24) is 10.0 Å². The van der Waals surface area contributed by atoms with Crippen molar-refractivity contribution in [2.24, 2.45) is 0 Å². The summed E-state index contributed by atoms with van der Waals surface area (Å²) in [6.07, 6.45) is 1.92. The Morgan fingerprint density at radius 2 is 2.29 bits per heavy atom. The Balaban J connectivity index is 2.33. The summed E-state index contributed by atoms with van der Waals surface area (Å²) in [6, 6.07) is -0.0200. The fourth-order valence-electron chi connectivity index (χ4n) is 1.51. The van der Waals surface area contributed by atoms with Crippen molar-refractivity contribution < 1.29 is 12.8 Å². The first-order valence-corrected chi connectivity index (χ1v) is 6.56. The molecule has 0 aliphatic carbocycles. The van der Waals surface area contributed by atoms with E-state index >= 15 is 0 Å². The van der Waals surface area contributed by atoms with Crippen LogP contribution in [0.1, 0.15) is 19.3 Å². The van der Waals surface area contributed by atoms with Crippen LogP contribution in [0.5, 0.6) is 0 Å². The molecule has 1 saturated heterocycles. The zero-order valence-corrected chi connectivity index (χ0v) is 8.95. The van der Waals surface area contributed by atoms with Crippen LogP contribution in [0, 0.1) is 0 Å². The van der Waals surface area contributed by atoms with E-state index in [1.54, 1.807) is 0 Å². The van der Waals surface area contributed by atoms with Crippen molar-refractivity contribution >= 4 is 10.0 Å². The Kier molecular flexibility index (Phi) is 4.77. The molecule has 1 aliphatic rings. The summed E-state index contributed by atoms with van der Waals surface area (Å²) >= 11 is 0. The lowest BCUT2D eigenvalue weighted by Gasteiger charge is -2.23. The molecule has 4 nitrogen and oxygen atoms in total. The SMILES string of the molecule is O=S(=O)(CCCF)NC1CCCNC1. The van der Waals surface area contributed by atoms with Crippen molar-refractivity contribution in [2.75, 3.05) is 25.5 Å². The molecule has 0 aromatic carbocycles. The molecule has 0 spiro atoms. The largest absolute Gasteiger partial charge is 0.315 e. The molecule has 0 bridgehead atoms. The average Bonchev–Trinajstić information content (AvgIpc) is 2.16. The van der Waals surface area contributed by atoms with Gasteiger partial charge in [-0.2, -0.15) is 0 Å². The fraction of sp³-hybridized carbons (Fsp3) is 1.00. The van der Waals surface area contributed by atoms with Crippen molar-refractivity contribution in [1.29, 1.82) is 0 Å². The average molecular weight is 224 g/mol. The molecular formula is C8H17FN2O2S. The van der Waals surface area contributed by atoms with Crippen LogP contribution in [-0.4, -0.2) is 40.0 Å². The van der Waals surface area contributed by atoms with Crippen LogP contribution in [0.3, 0.4) is 0 Å². The molecule has 14 heavy (non-hydrogen) atoms. The highest BCUT2D eigenvalue weighted by Gasteiger charge is 2.19. The lowest BCUT2D eigenvalue weighted by atomic mass is 10.1. The molecule has 0 amide bonds. The molecule has 0 aromatic rings. The quantitative estimate of drug-likeness (QED) is 0.692. The van der Waals surface area contributed by atoms with Gasteiger partial charge in [-0.05, 0) is 25.8 Å². The van der Waals surface area contributed by atoms with Gasteiger partial charge in [-0.15, -0.1) is 0 Å². The maximum atomic E-state index is 11.8. The van der Waals surface area contributed by atoms with Gasteiger partial charge in [0, 0.05) is 12.6 Å². The third-order valence-electron chi connectivity index (χ3n) is 2.19. The predicted molar refractivity (Wildman–Crippen MR) is 53.4 cm³/mol. The summed E-state index contributed by atoms with van der Waals surface area (Å²) in [6.45, 7) is 1.04. The topological polar surface area (TPSA) is 58.2 Å². The van der Waals surface area contributed by atoms with E-state index in [9.17, 15) is 12.8 Å². The lowest BCUT2D eigenvalue weighted by Crippen LogP contribution is -2.46. The molecule has 1 fully saturated rings. The van der Waals surface area contributed by atoms with Gasteiger partial charge >= 0.3 is 0 Å². The van der Waals surface area contributed by atoms with Crippen LogP contribution in [-0.2, 0) is 10.0 Å². The van der Waals surface area contributed by atoms with Gasteiger partial charge in [-0.3, -0.25) is 4.39 Å². The minimum Gasteiger partial charge on any atom is -0.315 e. The van der Waals surface area contributed by atoms with Crippen LogP contribution in [0.15, 0.2) is 0 Å². The van der Waals surface area contributed by atoms with Crippen LogP contribution < -0.4 is 10.0 Å². The summed E-state index contributed by atoms with van der Waals surface area (Å²) < 4.78 is 37.1. The predicted octanol–water partition coefficient (Wildman–Crippen LogP) is 0.0174. The van der Waals surface area contributed by atoms with E-state index in [0.29, 0.717) is 6.54 Å². The van der Waals surface area contributed by atoms with Gasteiger partial charge in [0.15, 0.2) is 0 Å². The summed E-state index contributed by atoms with van der Waals surface area (Å²) in [5, 5.41) is 3.11. The Hall–Kier alpha value is -0.200. The second-order valence-corrected chi connectivity index (χ2v) is 5.40. The molecular weight excluding hydrogens is 207 g/mol. The van der Waals surface area contributed by atoms with Gasteiger partial charge in [0.25, 0.3) is 0 Å². The summed E-state index contributed by atoms with van der Waals surface area (Å²) in [5.41, 5.74) is 0. The number of hydrogen-bond donors (Lipinski definition) is 2. The van der Waals surface area contributed by atoms with Crippen LogP contribution in [0.4, 0.5) is 4.39 Å². The Bertz CT molecular complexity index is 250. The highest BCUT2D eigenvalue weighted by atomic mass is 32.2. The Labute approximate surface area is 84.3 Å². The van der Waals surface area contributed by atoms with Gasteiger partial charge in [-0.25, -0.2) is 13.1 Å². The number of hydrogen-bond acceptors (Lipinski definition) is 3. The first kappa shape index (κ1) is 11.9. The minimum absolute atomic E-state index is 0.0200. The molecule has 6 heteroatoms. The zero-order chi connectivity index (χ0) is 10.4. The molecule has 1 aliphatic heterocycles. The van der Waals surface area contributed by atoms with Crippen molar-refractivity contribution in [3.63, 3.8) is 0 Å². The van der Waals surface area contributed by atoms with E-state index in [1.165, 1.54) is 0 Å². The third kappa shape index (κ3) is 4.34. The molecule has 1 unspecified atom stereocenters. The van der Waals surface area contributed by atoms with E-state index < -0.39 is 16.7 Å². The standard InChI is InChI=1S/C8H17FN2O2S/c9-4-2-6-14(12,13)11-8-3-1-5-10-7-8/h8,10-11H,1-7H2. The highest BCUT2D eigenvalue weighted by molar-refractivity contribution is 7.89. The normalized spacial score (nSPS) is 23.6. The monoisotopic (exact) mass is 224 g/mol. The Morgan fingerprint density at radius 1 is 1.50 bits per heavy atom. The molecule has 0 aromatic heterocycles. The number of halogens is 1. The third-order valence-corrected chi connectivity index (χ3v) is 3.71. The van der Waals surface area contributed by atoms with E-state index in [1.807, 2.05) is 0 Å².